The topological polar surface area (TPSA) is 20.2 Å². The van der Waals surface area contributed by atoms with Gasteiger partial charge in [0.05, 0.1) is 0 Å². The van der Waals surface area contributed by atoms with Gasteiger partial charge in [0.1, 0.15) is 6.10 Å². The lowest BCUT2D eigenvalue weighted by Crippen LogP contribution is -2.03. The lowest BCUT2D eigenvalue weighted by atomic mass is 9.94. The van der Waals surface area contributed by atoms with Gasteiger partial charge >= 0.3 is 0 Å². The van der Waals surface area contributed by atoms with Crippen LogP contribution in [0.3, 0.4) is 0 Å². The molecule has 1 aliphatic rings. The zero-order valence-corrected chi connectivity index (χ0v) is 10.8. The molecule has 1 fully saturated rings. The third kappa shape index (κ3) is 2.29. The molecule has 1 aliphatic carbocycles. The molecule has 2 heteroatoms. The highest BCUT2D eigenvalue weighted by atomic mass is 35.5. The first-order valence-corrected chi connectivity index (χ1v) is 6.66. The van der Waals surface area contributed by atoms with E-state index in [1.807, 2.05) is 42.5 Å². The standard InChI is InChI=1S/C16H15ClO/c17-13-5-3-4-12(10-13)16(18)15-7-2-1-6-14(15)11-8-9-11/h1-7,10-11,16,18H,8-9H2. The Kier molecular flexibility index (Phi) is 3.11. The van der Waals surface area contributed by atoms with Gasteiger partial charge in [-0.2, -0.15) is 0 Å². The Labute approximate surface area is 112 Å². The third-order valence-corrected chi connectivity index (χ3v) is 3.71. The maximum absolute atomic E-state index is 10.5. The summed E-state index contributed by atoms with van der Waals surface area (Å²) in [5, 5.41) is 11.2. The molecule has 0 saturated heterocycles. The second-order valence-electron chi connectivity index (χ2n) is 4.86. The highest BCUT2D eigenvalue weighted by molar-refractivity contribution is 6.30. The van der Waals surface area contributed by atoms with Gasteiger partial charge in [-0.3, -0.25) is 0 Å². The molecular formula is C16H15ClO. The van der Waals surface area contributed by atoms with E-state index in [9.17, 15) is 5.11 Å². The Bertz CT molecular complexity index is 561. The highest BCUT2D eigenvalue weighted by Gasteiger charge is 2.27. The molecule has 0 amide bonds. The van der Waals surface area contributed by atoms with E-state index >= 15 is 0 Å². The number of rotatable bonds is 3. The van der Waals surface area contributed by atoms with Gasteiger partial charge in [0.25, 0.3) is 0 Å². The van der Waals surface area contributed by atoms with Crippen LogP contribution in [0.15, 0.2) is 48.5 Å². The largest absolute Gasteiger partial charge is 0.384 e. The van der Waals surface area contributed by atoms with Gasteiger partial charge in [-0.05, 0) is 47.6 Å². The monoisotopic (exact) mass is 258 g/mol. The Morgan fingerprint density at radius 1 is 1.06 bits per heavy atom. The SMILES string of the molecule is OC(c1cccc(Cl)c1)c1ccccc1C1CC1. The van der Waals surface area contributed by atoms with Gasteiger partial charge in [-0.1, -0.05) is 48.0 Å². The van der Waals surface area contributed by atoms with Crippen molar-refractivity contribution in [3.63, 3.8) is 0 Å². The van der Waals surface area contributed by atoms with Gasteiger partial charge in [0, 0.05) is 5.02 Å². The zero-order chi connectivity index (χ0) is 12.5. The quantitative estimate of drug-likeness (QED) is 0.870. The fourth-order valence-electron chi connectivity index (χ4n) is 2.38. The van der Waals surface area contributed by atoms with Gasteiger partial charge in [-0.25, -0.2) is 0 Å². The molecular weight excluding hydrogens is 244 g/mol. The van der Waals surface area contributed by atoms with Crippen molar-refractivity contribution in [2.75, 3.05) is 0 Å². The molecule has 0 spiro atoms. The summed E-state index contributed by atoms with van der Waals surface area (Å²) < 4.78 is 0. The molecule has 1 nitrogen and oxygen atoms in total. The van der Waals surface area contributed by atoms with Crippen molar-refractivity contribution in [3.8, 4) is 0 Å². The molecule has 1 unspecified atom stereocenters. The highest BCUT2D eigenvalue weighted by Crippen LogP contribution is 2.43. The van der Waals surface area contributed by atoms with Gasteiger partial charge in [0.15, 0.2) is 0 Å². The van der Waals surface area contributed by atoms with E-state index in [4.69, 9.17) is 11.6 Å². The predicted octanol–water partition coefficient (Wildman–Crippen LogP) is 4.30. The Balaban J connectivity index is 1.99. The fraction of sp³-hybridized carbons (Fsp3) is 0.250. The fourth-order valence-corrected chi connectivity index (χ4v) is 2.58. The molecule has 0 aliphatic heterocycles. The molecule has 0 radical (unpaired) electrons. The van der Waals surface area contributed by atoms with Crippen LogP contribution in [0, 0.1) is 0 Å². The summed E-state index contributed by atoms with van der Waals surface area (Å²) in [4.78, 5) is 0. The second kappa shape index (κ2) is 4.75. The van der Waals surface area contributed by atoms with Crippen LogP contribution in [-0.4, -0.2) is 5.11 Å². The lowest BCUT2D eigenvalue weighted by Gasteiger charge is -2.16. The summed E-state index contributed by atoms with van der Waals surface area (Å²) in [5.74, 6) is 0.634. The second-order valence-corrected chi connectivity index (χ2v) is 5.30. The third-order valence-electron chi connectivity index (χ3n) is 3.47. The van der Waals surface area contributed by atoms with Crippen molar-refractivity contribution in [1.29, 1.82) is 0 Å². The van der Waals surface area contributed by atoms with Crippen LogP contribution >= 0.6 is 11.6 Å². The molecule has 92 valence electrons. The molecule has 3 rings (SSSR count). The van der Waals surface area contributed by atoms with Crippen LogP contribution < -0.4 is 0 Å². The first kappa shape index (κ1) is 11.8. The Morgan fingerprint density at radius 2 is 1.83 bits per heavy atom. The van der Waals surface area contributed by atoms with Gasteiger partial charge < -0.3 is 5.11 Å². The van der Waals surface area contributed by atoms with Crippen LogP contribution in [0.2, 0.25) is 5.02 Å². The summed E-state index contributed by atoms with van der Waals surface area (Å²) in [6.07, 6.45) is 1.89. The van der Waals surface area contributed by atoms with Gasteiger partial charge in [-0.15, -0.1) is 0 Å². The van der Waals surface area contributed by atoms with Crippen molar-refractivity contribution in [1.82, 2.24) is 0 Å². The molecule has 1 saturated carbocycles. The summed E-state index contributed by atoms with van der Waals surface area (Å²) in [6.45, 7) is 0. The predicted molar refractivity (Wildman–Crippen MR) is 73.9 cm³/mol. The average molecular weight is 259 g/mol. The summed E-state index contributed by atoms with van der Waals surface area (Å²) >= 11 is 5.98. The van der Waals surface area contributed by atoms with Crippen molar-refractivity contribution in [2.24, 2.45) is 0 Å². The van der Waals surface area contributed by atoms with Crippen LogP contribution in [-0.2, 0) is 0 Å². The summed E-state index contributed by atoms with van der Waals surface area (Å²) in [5.41, 5.74) is 3.16. The smallest absolute Gasteiger partial charge is 0.104 e. The maximum Gasteiger partial charge on any atom is 0.104 e. The maximum atomic E-state index is 10.5. The number of hydrogen-bond donors (Lipinski definition) is 1. The van der Waals surface area contributed by atoms with Crippen LogP contribution in [0.5, 0.6) is 0 Å². The normalized spacial score (nSPS) is 16.6. The Morgan fingerprint density at radius 3 is 2.56 bits per heavy atom. The number of aliphatic hydroxyl groups is 1. The first-order valence-electron chi connectivity index (χ1n) is 6.28. The van der Waals surface area contributed by atoms with E-state index in [0.29, 0.717) is 10.9 Å². The minimum atomic E-state index is -0.583. The van der Waals surface area contributed by atoms with E-state index in [1.165, 1.54) is 18.4 Å². The summed E-state index contributed by atoms with van der Waals surface area (Å²) in [6, 6.07) is 15.6. The number of halogens is 1. The van der Waals surface area contributed by atoms with Crippen molar-refractivity contribution in [3.05, 3.63) is 70.2 Å². The lowest BCUT2D eigenvalue weighted by molar-refractivity contribution is 0.219. The molecule has 1 N–H and O–H groups in total. The molecule has 0 heterocycles. The van der Waals surface area contributed by atoms with E-state index in [0.717, 1.165) is 11.1 Å². The number of aliphatic hydroxyl groups excluding tert-OH is 1. The average Bonchev–Trinajstić information content (AvgIpc) is 3.22. The van der Waals surface area contributed by atoms with Crippen LogP contribution in [0.25, 0.3) is 0 Å². The van der Waals surface area contributed by atoms with Crippen LogP contribution in [0.1, 0.15) is 41.6 Å². The molecule has 0 bridgehead atoms. The Hall–Kier alpha value is -1.31. The van der Waals surface area contributed by atoms with Crippen molar-refractivity contribution >= 4 is 11.6 Å². The zero-order valence-electron chi connectivity index (χ0n) is 10.0. The molecule has 1 atom stereocenters. The summed E-state index contributed by atoms with van der Waals surface area (Å²) in [7, 11) is 0. The minimum absolute atomic E-state index is 0.583. The van der Waals surface area contributed by atoms with E-state index in [2.05, 4.69) is 6.07 Å². The molecule has 2 aromatic rings. The van der Waals surface area contributed by atoms with Crippen LogP contribution in [0.4, 0.5) is 0 Å². The molecule has 2 aromatic carbocycles. The number of hydrogen-bond acceptors (Lipinski definition) is 1. The molecule has 18 heavy (non-hydrogen) atoms. The van der Waals surface area contributed by atoms with E-state index in [1.54, 1.807) is 0 Å². The molecule has 0 aromatic heterocycles. The number of benzene rings is 2. The van der Waals surface area contributed by atoms with Gasteiger partial charge in [0.2, 0.25) is 0 Å². The van der Waals surface area contributed by atoms with Crippen molar-refractivity contribution in [2.45, 2.75) is 24.9 Å². The van der Waals surface area contributed by atoms with E-state index < -0.39 is 6.10 Å². The first-order chi connectivity index (χ1) is 8.75. The van der Waals surface area contributed by atoms with Crippen molar-refractivity contribution < 1.29 is 5.11 Å². The van der Waals surface area contributed by atoms with E-state index in [-0.39, 0.29) is 0 Å². The minimum Gasteiger partial charge on any atom is -0.384 e.